The quantitative estimate of drug-likeness (QED) is 0.851. The van der Waals surface area contributed by atoms with Crippen LogP contribution in [0, 0.1) is 0 Å². The van der Waals surface area contributed by atoms with Gasteiger partial charge in [0.05, 0.1) is 6.26 Å². The van der Waals surface area contributed by atoms with E-state index in [9.17, 15) is 18.7 Å². The molecule has 0 radical (unpaired) electrons. The maximum Gasteiger partial charge on any atom is 0.342 e. The van der Waals surface area contributed by atoms with Gasteiger partial charge in [-0.1, -0.05) is 30.3 Å². The highest BCUT2D eigenvalue weighted by molar-refractivity contribution is 5.99. The first-order valence-electron chi connectivity index (χ1n) is 5.22. The number of carbonyl (C=O) groups excluding carboxylic acids is 1. The number of hydrogen-bond donors (Lipinski definition) is 1. The minimum atomic E-state index is -3.93. The van der Waals surface area contributed by atoms with E-state index in [1.807, 2.05) is 0 Å². The number of halogens is 2. The summed E-state index contributed by atoms with van der Waals surface area (Å²) in [5.74, 6) is -5.95. The van der Waals surface area contributed by atoms with Crippen molar-refractivity contribution in [2.45, 2.75) is 12.0 Å². The van der Waals surface area contributed by atoms with Crippen molar-refractivity contribution in [3.8, 4) is 0 Å². The number of ketones is 1. The Bertz CT molecular complexity index is 520. The smallest absolute Gasteiger partial charge is 0.342 e. The number of furan rings is 1. The van der Waals surface area contributed by atoms with E-state index in [0.29, 0.717) is 0 Å². The first-order valence-corrected chi connectivity index (χ1v) is 5.22. The predicted octanol–water partition coefficient (Wildman–Crippen LogP) is 2.83. The fourth-order valence-electron chi connectivity index (χ4n) is 1.54. The minimum Gasteiger partial charge on any atom is -0.461 e. The van der Waals surface area contributed by atoms with E-state index >= 15 is 0 Å². The van der Waals surface area contributed by atoms with Crippen molar-refractivity contribution in [2.75, 3.05) is 0 Å². The van der Waals surface area contributed by atoms with Gasteiger partial charge in [-0.2, -0.15) is 8.78 Å². The van der Waals surface area contributed by atoms with E-state index in [4.69, 9.17) is 0 Å². The predicted molar refractivity (Wildman–Crippen MR) is 59.4 cm³/mol. The Labute approximate surface area is 102 Å². The van der Waals surface area contributed by atoms with E-state index in [1.165, 1.54) is 30.3 Å². The molecule has 3 nitrogen and oxygen atoms in total. The molecular weight excluding hydrogens is 242 g/mol. The molecule has 5 heteroatoms. The normalized spacial score (nSPS) is 13.3. The molecule has 1 heterocycles. The Morgan fingerprint density at radius 1 is 1.17 bits per heavy atom. The fraction of sp³-hybridized carbons (Fsp3) is 0.154. The number of Topliss-reactive ketones (excluding diaryl/α,β-unsaturated/α-hetero) is 1. The number of aliphatic hydroxyl groups excluding tert-OH is 1. The molecule has 18 heavy (non-hydrogen) atoms. The molecule has 1 aromatic carbocycles. The summed E-state index contributed by atoms with van der Waals surface area (Å²) >= 11 is 0. The standard InChI is InChI=1S/C13H10F2O3/c14-13(15,12(17)10-7-4-8-18-10)11(16)9-5-2-1-3-6-9/h1-8,11,16H. The molecular formula is C13H10F2O3. The van der Waals surface area contributed by atoms with Crippen LogP contribution in [0.25, 0.3) is 0 Å². The van der Waals surface area contributed by atoms with Crippen molar-refractivity contribution < 1.29 is 23.1 Å². The van der Waals surface area contributed by atoms with Crippen molar-refractivity contribution in [3.63, 3.8) is 0 Å². The van der Waals surface area contributed by atoms with Gasteiger partial charge >= 0.3 is 5.92 Å². The molecule has 0 amide bonds. The van der Waals surface area contributed by atoms with Crippen molar-refractivity contribution >= 4 is 5.78 Å². The lowest BCUT2D eigenvalue weighted by Gasteiger charge is -2.20. The lowest BCUT2D eigenvalue weighted by atomic mass is 9.99. The van der Waals surface area contributed by atoms with Gasteiger partial charge in [-0.3, -0.25) is 4.79 Å². The third kappa shape index (κ3) is 2.17. The van der Waals surface area contributed by atoms with Gasteiger partial charge in [-0.25, -0.2) is 0 Å². The zero-order chi connectivity index (χ0) is 13.2. The molecule has 94 valence electrons. The lowest BCUT2D eigenvalue weighted by molar-refractivity contribution is -0.0804. The van der Waals surface area contributed by atoms with Gasteiger partial charge in [0.25, 0.3) is 5.78 Å². The molecule has 0 aliphatic rings. The Balaban J connectivity index is 2.28. The van der Waals surface area contributed by atoms with Gasteiger partial charge in [0.15, 0.2) is 11.9 Å². The van der Waals surface area contributed by atoms with Gasteiger partial charge < -0.3 is 9.52 Å². The van der Waals surface area contributed by atoms with Crippen LogP contribution >= 0.6 is 0 Å². The number of hydrogen-bond acceptors (Lipinski definition) is 3. The zero-order valence-electron chi connectivity index (χ0n) is 9.22. The average Bonchev–Trinajstić information content (AvgIpc) is 2.91. The number of alkyl halides is 2. The highest BCUT2D eigenvalue weighted by Gasteiger charge is 2.48. The van der Waals surface area contributed by atoms with Gasteiger partial charge in [0.2, 0.25) is 0 Å². The van der Waals surface area contributed by atoms with Crippen LogP contribution in [0.2, 0.25) is 0 Å². The van der Waals surface area contributed by atoms with Gasteiger partial charge in [-0.05, 0) is 17.7 Å². The second-order valence-corrected chi connectivity index (χ2v) is 3.74. The maximum absolute atomic E-state index is 13.8. The number of aliphatic hydroxyl groups is 1. The maximum atomic E-state index is 13.8. The van der Waals surface area contributed by atoms with E-state index in [1.54, 1.807) is 6.07 Å². The Kier molecular flexibility index (Phi) is 3.25. The summed E-state index contributed by atoms with van der Waals surface area (Å²) in [5.41, 5.74) is -0.0255. The number of benzene rings is 1. The fourth-order valence-corrected chi connectivity index (χ4v) is 1.54. The first-order chi connectivity index (χ1) is 8.53. The average molecular weight is 252 g/mol. The molecule has 0 aliphatic carbocycles. The minimum absolute atomic E-state index is 0.0255. The first kappa shape index (κ1) is 12.4. The molecule has 0 saturated carbocycles. The van der Waals surface area contributed by atoms with Crippen LogP contribution in [0.4, 0.5) is 8.78 Å². The second-order valence-electron chi connectivity index (χ2n) is 3.74. The molecule has 1 N–H and O–H groups in total. The van der Waals surface area contributed by atoms with Crippen LogP contribution in [0.15, 0.2) is 53.1 Å². The van der Waals surface area contributed by atoms with Crippen LogP contribution < -0.4 is 0 Å². The molecule has 0 aliphatic heterocycles. The summed E-state index contributed by atoms with van der Waals surface area (Å²) in [4.78, 5) is 11.5. The van der Waals surface area contributed by atoms with Crippen molar-refractivity contribution in [3.05, 3.63) is 60.1 Å². The molecule has 2 aromatic rings. The third-order valence-corrected chi connectivity index (χ3v) is 2.51. The number of carbonyl (C=O) groups is 1. The van der Waals surface area contributed by atoms with Gasteiger partial charge in [-0.15, -0.1) is 0 Å². The van der Waals surface area contributed by atoms with E-state index in [-0.39, 0.29) is 5.56 Å². The van der Waals surface area contributed by atoms with E-state index in [0.717, 1.165) is 12.3 Å². The van der Waals surface area contributed by atoms with Gasteiger partial charge in [0.1, 0.15) is 0 Å². The summed E-state index contributed by atoms with van der Waals surface area (Å²) in [7, 11) is 0. The highest BCUT2D eigenvalue weighted by Crippen LogP contribution is 2.34. The molecule has 0 saturated heterocycles. The molecule has 0 bridgehead atoms. The summed E-state index contributed by atoms with van der Waals surface area (Å²) in [6, 6.07) is 9.76. The van der Waals surface area contributed by atoms with Crippen molar-refractivity contribution in [1.82, 2.24) is 0 Å². The van der Waals surface area contributed by atoms with Crippen LogP contribution in [-0.2, 0) is 0 Å². The van der Waals surface area contributed by atoms with Gasteiger partial charge in [0, 0.05) is 0 Å². The Morgan fingerprint density at radius 3 is 2.39 bits per heavy atom. The lowest BCUT2D eigenvalue weighted by Crippen LogP contribution is -2.35. The molecule has 0 spiro atoms. The van der Waals surface area contributed by atoms with Crippen molar-refractivity contribution in [2.24, 2.45) is 0 Å². The topological polar surface area (TPSA) is 50.4 Å². The zero-order valence-corrected chi connectivity index (χ0v) is 9.22. The van der Waals surface area contributed by atoms with Crippen LogP contribution in [-0.4, -0.2) is 16.8 Å². The molecule has 1 atom stereocenters. The molecule has 1 unspecified atom stereocenters. The second kappa shape index (κ2) is 4.70. The van der Waals surface area contributed by atoms with E-state index < -0.39 is 23.6 Å². The largest absolute Gasteiger partial charge is 0.461 e. The van der Waals surface area contributed by atoms with Crippen LogP contribution in [0.5, 0.6) is 0 Å². The monoisotopic (exact) mass is 252 g/mol. The summed E-state index contributed by atoms with van der Waals surface area (Å²) in [5, 5.41) is 9.61. The highest BCUT2D eigenvalue weighted by atomic mass is 19.3. The SMILES string of the molecule is O=C(c1ccco1)C(F)(F)C(O)c1ccccc1. The number of rotatable bonds is 4. The molecule has 0 fully saturated rings. The Morgan fingerprint density at radius 2 is 1.83 bits per heavy atom. The summed E-state index contributed by atoms with van der Waals surface area (Å²) in [6.07, 6.45) is -1.07. The van der Waals surface area contributed by atoms with Crippen molar-refractivity contribution in [1.29, 1.82) is 0 Å². The van der Waals surface area contributed by atoms with Crippen LogP contribution in [0.1, 0.15) is 22.2 Å². The molecule has 1 aromatic heterocycles. The van der Waals surface area contributed by atoms with E-state index in [2.05, 4.69) is 4.42 Å². The Hall–Kier alpha value is -2.01. The summed E-state index contributed by atoms with van der Waals surface area (Å²) in [6.45, 7) is 0. The summed E-state index contributed by atoms with van der Waals surface area (Å²) < 4.78 is 32.2. The van der Waals surface area contributed by atoms with Crippen LogP contribution in [0.3, 0.4) is 0 Å². The molecule has 2 rings (SSSR count). The third-order valence-electron chi connectivity index (χ3n) is 2.51.